The highest BCUT2D eigenvalue weighted by Crippen LogP contribution is 2.05. The number of aldehydes is 1. The van der Waals surface area contributed by atoms with E-state index >= 15 is 0 Å². The third kappa shape index (κ3) is 9.07. The summed E-state index contributed by atoms with van der Waals surface area (Å²) in [5.74, 6) is -0.884. The van der Waals surface area contributed by atoms with Crippen LogP contribution in [-0.2, 0) is 19.1 Å². The van der Waals surface area contributed by atoms with Gasteiger partial charge in [-0.3, -0.25) is 9.59 Å². The Hall–Kier alpha value is -2.12. The molecule has 0 aliphatic heterocycles. The number of hydrogen-bond acceptors (Lipinski definition) is 5. The molecule has 0 aromatic heterocycles. The van der Waals surface area contributed by atoms with E-state index in [1.807, 2.05) is 13.8 Å². The van der Waals surface area contributed by atoms with Gasteiger partial charge in [0, 0.05) is 0 Å². The summed E-state index contributed by atoms with van der Waals surface area (Å²) in [5.41, 5.74) is 0. The van der Waals surface area contributed by atoms with Crippen molar-refractivity contribution in [3.05, 3.63) is 0 Å². The predicted octanol–water partition coefficient (Wildman–Crippen LogP) is 0.992. The number of carbonyl (C=O) groups is 4. The lowest BCUT2D eigenvalue weighted by atomic mass is 10.0. The zero-order valence-electron chi connectivity index (χ0n) is 15.9. The molecular weight excluding hydrogens is 326 g/mol. The van der Waals surface area contributed by atoms with Crippen molar-refractivity contribution in [1.29, 1.82) is 0 Å². The molecular formula is C17H31N3O5. The van der Waals surface area contributed by atoms with Crippen LogP contribution in [0.3, 0.4) is 0 Å². The van der Waals surface area contributed by atoms with Crippen LogP contribution < -0.4 is 16.0 Å². The summed E-state index contributed by atoms with van der Waals surface area (Å²) in [7, 11) is 0. The highest BCUT2D eigenvalue weighted by Gasteiger charge is 2.28. The van der Waals surface area contributed by atoms with Crippen molar-refractivity contribution >= 4 is 24.2 Å². The van der Waals surface area contributed by atoms with E-state index in [0.717, 1.165) is 0 Å². The van der Waals surface area contributed by atoms with Gasteiger partial charge < -0.3 is 25.5 Å². The summed E-state index contributed by atoms with van der Waals surface area (Å²) in [6.07, 6.45) is 0.520. The number of carbonyl (C=O) groups excluding carboxylic acids is 4. The van der Waals surface area contributed by atoms with E-state index in [0.29, 0.717) is 12.7 Å². The molecule has 0 saturated carbocycles. The van der Waals surface area contributed by atoms with Crippen molar-refractivity contribution in [1.82, 2.24) is 16.0 Å². The fraction of sp³-hybridized carbons (Fsp3) is 0.765. The zero-order valence-corrected chi connectivity index (χ0v) is 15.9. The lowest BCUT2D eigenvalue weighted by molar-refractivity contribution is -0.131. The fourth-order valence-corrected chi connectivity index (χ4v) is 2.17. The maximum atomic E-state index is 12.3. The lowest BCUT2D eigenvalue weighted by Crippen LogP contribution is -2.55. The van der Waals surface area contributed by atoms with E-state index in [2.05, 4.69) is 16.0 Å². The molecule has 3 atom stereocenters. The first-order chi connectivity index (χ1) is 11.6. The number of nitrogens with one attached hydrogen (secondary N) is 3. The average Bonchev–Trinajstić information content (AvgIpc) is 2.50. The molecule has 0 aromatic carbocycles. The van der Waals surface area contributed by atoms with Crippen LogP contribution in [0.25, 0.3) is 0 Å². The molecule has 25 heavy (non-hydrogen) atoms. The van der Waals surface area contributed by atoms with Gasteiger partial charge in [-0.15, -0.1) is 0 Å². The van der Waals surface area contributed by atoms with Gasteiger partial charge in [0.1, 0.15) is 18.4 Å². The summed E-state index contributed by atoms with van der Waals surface area (Å²) in [4.78, 5) is 47.1. The third-order valence-corrected chi connectivity index (χ3v) is 3.47. The SMILES string of the molecule is CCOC(=O)NC(C(=O)NC(C)C(=O)NC(C=O)CC(C)C)C(C)C. The van der Waals surface area contributed by atoms with E-state index in [1.165, 1.54) is 6.92 Å². The molecule has 0 aliphatic rings. The van der Waals surface area contributed by atoms with Gasteiger partial charge in [-0.2, -0.15) is 0 Å². The van der Waals surface area contributed by atoms with Crippen molar-refractivity contribution in [2.75, 3.05) is 6.61 Å². The first kappa shape index (κ1) is 22.9. The standard InChI is InChI=1S/C17H31N3O5/c1-7-25-17(24)20-14(11(4)5)16(23)18-12(6)15(22)19-13(9-21)8-10(2)3/h9-14H,7-8H2,1-6H3,(H,18,23)(H,19,22)(H,20,24). The van der Waals surface area contributed by atoms with Gasteiger partial charge >= 0.3 is 6.09 Å². The number of hydrogen-bond donors (Lipinski definition) is 3. The summed E-state index contributed by atoms with van der Waals surface area (Å²) in [6, 6.07) is -2.26. The Bertz CT molecular complexity index is 465. The molecule has 0 heterocycles. The summed E-state index contributed by atoms with van der Waals surface area (Å²) in [5, 5.41) is 7.63. The second-order valence-electron chi connectivity index (χ2n) is 6.70. The molecule has 3 N–H and O–H groups in total. The summed E-state index contributed by atoms with van der Waals surface area (Å²) >= 11 is 0. The Morgan fingerprint density at radius 1 is 0.960 bits per heavy atom. The largest absolute Gasteiger partial charge is 0.450 e. The minimum absolute atomic E-state index is 0.191. The molecule has 144 valence electrons. The monoisotopic (exact) mass is 357 g/mol. The first-order valence-corrected chi connectivity index (χ1v) is 8.61. The Morgan fingerprint density at radius 3 is 2.00 bits per heavy atom. The Balaban J connectivity index is 4.73. The van der Waals surface area contributed by atoms with Gasteiger partial charge in [-0.1, -0.05) is 27.7 Å². The first-order valence-electron chi connectivity index (χ1n) is 8.61. The molecule has 0 bridgehead atoms. The van der Waals surface area contributed by atoms with E-state index in [4.69, 9.17) is 4.74 Å². The smallest absolute Gasteiger partial charge is 0.407 e. The molecule has 0 radical (unpaired) electrons. The molecule has 8 heteroatoms. The summed E-state index contributed by atoms with van der Waals surface area (Å²) < 4.78 is 4.78. The van der Waals surface area contributed by atoms with Crippen molar-refractivity contribution in [3.63, 3.8) is 0 Å². The van der Waals surface area contributed by atoms with Crippen molar-refractivity contribution in [3.8, 4) is 0 Å². The third-order valence-electron chi connectivity index (χ3n) is 3.47. The Kier molecular flexibility index (Phi) is 10.5. The van der Waals surface area contributed by atoms with Gasteiger partial charge in [-0.05, 0) is 32.1 Å². The fourth-order valence-electron chi connectivity index (χ4n) is 2.17. The molecule has 8 nitrogen and oxygen atoms in total. The van der Waals surface area contributed by atoms with Crippen molar-refractivity contribution in [2.24, 2.45) is 11.8 Å². The van der Waals surface area contributed by atoms with Crippen LogP contribution in [-0.4, -0.2) is 48.9 Å². The van der Waals surface area contributed by atoms with Crippen LogP contribution in [0.5, 0.6) is 0 Å². The number of alkyl carbamates (subject to hydrolysis) is 1. The molecule has 3 amide bonds. The number of ether oxygens (including phenoxy) is 1. The van der Waals surface area contributed by atoms with E-state index in [1.54, 1.807) is 20.8 Å². The van der Waals surface area contributed by atoms with Crippen LogP contribution in [0.15, 0.2) is 0 Å². The van der Waals surface area contributed by atoms with Crippen LogP contribution in [0, 0.1) is 11.8 Å². The Labute approximate surface area is 149 Å². The highest BCUT2D eigenvalue weighted by molar-refractivity contribution is 5.92. The molecule has 0 aromatic rings. The minimum Gasteiger partial charge on any atom is -0.450 e. The van der Waals surface area contributed by atoms with E-state index in [9.17, 15) is 19.2 Å². The summed E-state index contributed by atoms with van der Waals surface area (Å²) in [6.45, 7) is 10.8. The number of rotatable bonds is 10. The highest BCUT2D eigenvalue weighted by atomic mass is 16.5. The van der Waals surface area contributed by atoms with Crippen molar-refractivity contribution < 1.29 is 23.9 Å². The van der Waals surface area contributed by atoms with Gasteiger partial charge in [0.15, 0.2) is 0 Å². The second-order valence-corrected chi connectivity index (χ2v) is 6.70. The maximum absolute atomic E-state index is 12.3. The van der Waals surface area contributed by atoms with Crippen LogP contribution in [0.2, 0.25) is 0 Å². The van der Waals surface area contributed by atoms with Gasteiger partial charge in [0.05, 0.1) is 12.6 Å². The van der Waals surface area contributed by atoms with Crippen LogP contribution >= 0.6 is 0 Å². The molecule has 3 unspecified atom stereocenters. The van der Waals surface area contributed by atoms with E-state index in [-0.39, 0.29) is 18.4 Å². The van der Waals surface area contributed by atoms with Gasteiger partial charge in [0.25, 0.3) is 0 Å². The Morgan fingerprint density at radius 2 is 1.56 bits per heavy atom. The molecule has 0 fully saturated rings. The molecule has 0 saturated heterocycles. The lowest BCUT2D eigenvalue weighted by Gasteiger charge is -2.24. The van der Waals surface area contributed by atoms with Crippen LogP contribution in [0.4, 0.5) is 4.79 Å². The average molecular weight is 357 g/mol. The molecule has 0 spiro atoms. The zero-order chi connectivity index (χ0) is 19.6. The topological polar surface area (TPSA) is 114 Å². The second kappa shape index (κ2) is 11.4. The van der Waals surface area contributed by atoms with Crippen LogP contribution in [0.1, 0.15) is 48.0 Å². The number of amides is 3. The normalized spacial score (nSPS) is 14.4. The molecule has 0 rings (SSSR count). The van der Waals surface area contributed by atoms with Gasteiger partial charge in [-0.25, -0.2) is 4.79 Å². The maximum Gasteiger partial charge on any atom is 0.407 e. The van der Waals surface area contributed by atoms with Gasteiger partial charge in [0.2, 0.25) is 11.8 Å². The quantitative estimate of drug-likeness (QED) is 0.505. The van der Waals surface area contributed by atoms with Crippen molar-refractivity contribution in [2.45, 2.75) is 66.1 Å². The predicted molar refractivity (Wildman–Crippen MR) is 93.8 cm³/mol. The molecule has 0 aliphatic carbocycles. The minimum atomic E-state index is -0.840. The van der Waals surface area contributed by atoms with E-state index < -0.39 is 36.0 Å².